The highest BCUT2D eigenvalue weighted by Gasteiger charge is 2.12. The molecule has 1 N–H and O–H groups in total. The van der Waals surface area contributed by atoms with Crippen molar-refractivity contribution >= 4 is 5.97 Å². The molecule has 0 bridgehead atoms. The van der Waals surface area contributed by atoms with Crippen LogP contribution in [0.25, 0.3) is 0 Å². The summed E-state index contributed by atoms with van der Waals surface area (Å²) in [6.45, 7) is 2.03. The highest BCUT2D eigenvalue weighted by Crippen LogP contribution is 2.00. The first-order valence-corrected chi connectivity index (χ1v) is 4.13. The fraction of sp³-hybridized carbons (Fsp3) is 0.667. The molecule has 0 aliphatic rings. The van der Waals surface area contributed by atoms with E-state index in [1.54, 1.807) is 0 Å². The third-order valence-electron chi connectivity index (χ3n) is 1.48. The average molecular weight is 172 g/mol. The van der Waals surface area contributed by atoms with E-state index in [4.69, 9.17) is 5.11 Å². The van der Waals surface area contributed by atoms with Crippen molar-refractivity contribution < 1.29 is 14.6 Å². The van der Waals surface area contributed by atoms with E-state index in [2.05, 4.69) is 4.74 Å². The smallest absolute Gasteiger partial charge is 0.334 e. The molecule has 1 unspecified atom stereocenters. The fourth-order valence-corrected chi connectivity index (χ4v) is 0.793. The molecule has 70 valence electrons. The van der Waals surface area contributed by atoms with Crippen molar-refractivity contribution in [3.05, 3.63) is 12.2 Å². The Hall–Kier alpha value is -0.830. The van der Waals surface area contributed by atoms with E-state index >= 15 is 0 Å². The lowest BCUT2D eigenvalue weighted by atomic mass is 10.2. The van der Waals surface area contributed by atoms with Crippen molar-refractivity contribution in [2.75, 3.05) is 7.11 Å². The van der Waals surface area contributed by atoms with Gasteiger partial charge in [0.2, 0.25) is 0 Å². The maximum Gasteiger partial charge on any atom is 0.334 e. The Morgan fingerprint density at radius 3 is 2.75 bits per heavy atom. The molecule has 0 aliphatic heterocycles. The predicted octanol–water partition coefficient (Wildman–Crippen LogP) is 1.27. The minimum atomic E-state index is -0.975. The van der Waals surface area contributed by atoms with E-state index in [-0.39, 0.29) is 0 Å². The largest absolute Gasteiger partial charge is 0.467 e. The molecule has 0 amide bonds. The zero-order chi connectivity index (χ0) is 9.40. The number of allylic oxidation sites excluding steroid dienone is 2. The quantitative estimate of drug-likeness (QED) is 0.501. The summed E-state index contributed by atoms with van der Waals surface area (Å²) in [6, 6.07) is 0. The van der Waals surface area contributed by atoms with Crippen LogP contribution in [-0.2, 0) is 9.53 Å². The first-order chi connectivity index (χ1) is 5.72. The Morgan fingerprint density at radius 2 is 2.25 bits per heavy atom. The number of ether oxygens (including phenoxy) is 1. The molecule has 3 heteroatoms. The van der Waals surface area contributed by atoms with Gasteiger partial charge in [0.1, 0.15) is 0 Å². The lowest BCUT2D eigenvalue weighted by Crippen LogP contribution is -2.21. The molecule has 0 aromatic heterocycles. The molecule has 0 rings (SSSR count). The van der Waals surface area contributed by atoms with Gasteiger partial charge in [-0.3, -0.25) is 0 Å². The molecule has 0 aromatic rings. The summed E-state index contributed by atoms with van der Waals surface area (Å²) < 4.78 is 4.36. The number of carbonyl (C=O) groups excluding carboxylic acids is 1. The van der Waals surface area contributed by atoms with Crippen LogP contribution in [0.1, 0.15) is 26.2 Å². The van der Waals surface area contributed by atoms with Crippen LogP contribution in [-0.4, -0.2) is 24.3 Å². The Morgan fingerprint density at radius 1 is 1.58 bits per heavy atom. The molecular weight excluding hydrogens is 156 g/mol. The summed E-state index contributed by atoms with van der Waals surface area (Å²) in [5.74, 6) is -0.556. The predicted molar refractivity (Wildman–Crippen MR) is 46.7 cm³/mol. The van der Waals surface area contributed by atoms with Gasteiger partial charge in [0.05, 0.1) is 7.11 Å². The number of aliphatic hydroxyl groups excluding tert-OH is 1. The van der Waals surface area contributed by atoms with Crippen molar-refractivity contribution in [3.8, 4) is 0 Å². The standard InChI is InChI=1S/C9H16O3/c1-3-4-5-6-7-8(10)9(11)12-2/h4-5,8,10H,3,6-7H2,1-2H3. The van der Waals surface area contributed by atoms with Crippen LogP contribution in [0.4, 0.5) is 0 Å². The van der Waals surface area contributed by atoms with Crippen LogP contribution >= 0.6 is 0 Å². The zero-order valence-electron chi connectivity index (χ0n) is 7.62. The monoisotopic (exact) mass is 172 g/mol. The van der Waals surface area contributed by atoms with Gasteiger partial charge in [0, 0.05) is 0 Å². The molecule has 0 aliphatic carbocycles. The molecule has 0 heterocycles. The Kier molecular flexibility index (Phi) is 6.38. The lowest BCUT2D eigenvalue weighted by molar-refractivity contribution is -0.150. The van der Waals surface area contributed by atoms with E-state index in [0.29, 0.717) is 12.8 Å². The number of aliphatic hydroxyl groups is 1. The molecule has 0 aromatic carbocycles. The molecular formula is C9H16O3. The molecule has 0 fully saturated rings. The van der Waals surface area contributed by atoms with Gasteiger partial charge in [-0.2, -0.15) is 0 Å². The van der Waals surface area contributed by atoms with Crippen molar-refractivity contribution in [3.63, 3.8) is 0 Å². The highest BCUT2D eigenvalue weighted by atomic mass is 16.5. The second-order valence-electron chi connectivity index (χ2n) is 2.50. The van der Waals surface area contributed by atoms with Gasteiger partial charge < -0.3 is 9.84 Å². The summed E-state index contributed by atoms with van der Waals surface area (Å²) in [7, 11) is 1.27. The lowest BCUT2D eigenvalue weighted by Gasteiger charge is -2.05. The number of hydrogen-bond acceptors (Lipinski definition) is 3. The Bertz CT molecular complexity index is 152. The number of methoxy groups -OCH3 is 1. The zero-order valence-corrected chi connectivity index (χ0v) is 7.62. The summed E-state index contributed by atoms with van der Waals surface area (Å²) in [4.78, 5) is 10.7. The maximum atomic E-state index is 10.7. The van der Waals surface area contributed by atoms with E-state index in [1.165, 1.54) is 7.11 Å². The summed E-state index contributed by atoms with van der Waals surface area (Å²) >= 11 is 0. The van der Waals surface area contributed by atoms with E-state index in [1.807, 2.05) is 19.1 Å². The number of rotatable bonds is 5. The van der Waals surface area contributed by atoms with Crippen LogP contribution in [0, 0.1) is 0 Å². The minimum absolute atomic E-state index is 0.434. The van der Waals surface area contributed by atoms with Gasteiger partial charge in [0.15, 0.2) is 6.10 Å². The molecule has 0 saturated carbocycles. The highest BCUT2D eigenvalue weighted by molar-refractivity contribution is 5.74. The van der Waals surface area contributed by atoms with Gasteiger partial charge in [-0.1, -0.05) is 19.1 Å². The number of carbonyl (C=O) groups is 1. The summed E-state index contributed by atoms with van der Waals surface area (Å²) in [5.41, 5.74) is 0. The van der Waals surface area contributed by atoms with Crippen LogP contribution in [0.15, 0.2) is 12.2 Å². The third-order valence-corrected chi connectivity index (χ3v) is 1.48. The maximum absolute atomic E-state index is 10.7. The summed E-state index contributed by atoms with van der Waals surface area (Å²) in [5, 5.41) is 9.11. The topological polar surface area (TPSA) is 46.5 Å². The Labute approximate surface area is 73.0 Å². The van der Waals surface area contributed by atoms with Crippen LogP contribution < -0.4 is 0 Å². The first kappa shape index (κ1) is 11.2. The van der Waals surface area contributed by atoms with Crippen molar-refractivity contribution in [2.45, 2.75) is 32.3 Å². The summed E-state index contributed by atoms with van der Waals surface area (Å²) in [6.07, 6.45) is 5.11. The molecule has 0 saturated heterocycles. The van der Waals surface area contributed by atoms with Gasteiger partial charge >= 0.3 is 5.97 Å². The van der Waals surface area contributed by atoms with E-state index < -0.39 is 12.1 Å². The van der Waals surface area contributed by atoms with Crippen molar-refractivity contribution in [1.29, 1.82) is 0 Å². The Balaban J connectivity index is 3.50. The van der Waals surface area contributed by atoms with Crippen molar-refractivity contribution in [2.24, 2.45) is 0 Å². The number of hydrogen-bond donors (Lipinski definition) is 1. The third kappa shape index (κ3) is 4.91. The molecule has 1 atom stereocenters. The van der Waals surface area contributed by atoms with Crippen molar-refractivity contribution in [1.82, 2.24) is 0 Å². The van der Waals surface area contributed by atoms with Crippen LogP contribution in [0.5, 0.6) is 0 Å². The molecule has 0 radical (unpaired) electrons. The molecule has 12 heavy (non-hydrogen) atoms. The molecule has 0 spiro atoms. The van der Waals surface area contributed by atoms with Gasteiger partial charge in [-0.15, -0.1) is 0 Å². The van der Waals surface area contributed by atoms with E-state index in [0.717, 1.165) is 6.42 Å². The van der Waals surface area contributed by atoms with Crippen LogP contribution in [0.3, 0.4) is 0 Å². The second kappa shape index (κ2) is 6.85. The number of esters is 1. The van der Waals surface area contributed by atoms with Gasteiger partial charge in [-0.05, 0) is 19.3 Å². The fourth-order valence-electron chi connectivity index (χ4n) is 0.793. The SMILES string of the molecule is CCC=CCCC(O)C(=O)OC. The van der Waals surface area contributed by atoms with E-state index in [9.17, 15) is 4.79 Å². The van der Waals surface area contributed by atoms with Gasteiger partial charge in [0.25, 0.3) is 0 Å². The average Bonchev–Trinajstić information content (AvgIpc) is 2.10. The first-order valence-electron chi connectivity index (χ1n) is 4.13. The van der Waals surface area contributed by atoms with Gasteiger partial charge in [-0.25, -0.2) is 4.79 Å². The van der Waals surface area contributed by atoms with Crippen LogP contribution in [0.2, 0.25) is 0 Å². The minimum Gasteiger partial charge on any atom is -0.467 e. The normalized spacial score (nSPS) is 13.2. The second-order valence-corrected chi connectivity index (χ2v) is 2.50. The molecule has 3 nitrogen and oxygen atoms in total.